The van der Waals surface area contributed by atoms with Gasteiger partial charge in [0.2, 0.25) is 5.91 Å². The molecule has 1 heterocycles. The molecule has 144 valence electrons. The van der Waals surface area contributed by atoms with Crippen LogP contribution in [0.4, 0.5) is 4.79 Å². The molecule has 26 heavy (non-hydrogen) atoms. The molecule has 2 rings (SSSR count). The summed E-state index contributed by atoms with van der Waals surface area (Å²) in [6.07, 6.45) is 1.18. The Morgan fingerprint density at radius 2 is 2.00 bits per heavy atom. The third kappa shape index (κ3) is 5.78. The highest BCUT2D eigenvalue weighted by molar-refractivity contribution is 6.35. The number of amides is 2. The van der Waals surface area contributed by atoms with E-state index in [9.17, 15) is 9.59 Å². The summed E-state index contributed by atoms with van der Waals surface area (Å²) in [5.74, 6) is -0.225. The molecular weight excluding hydrogens is 375 g/mol. The van der Waals surface area contributed by atoms with E-state index in [0.29, 0.717) is 29.7 Å². The molecular formula is C19H26Cl2N2O3. The fourth-order valence-electron chi connectivity index (χ4n) is 2.97. The minimum Gasteiger partial charge on any atom is -0.444 e. The number of carbonyl (C=O) groups excluding carboxylic acids is 2. The summed E-state index contributed by atoms with van der Waals surface area (Å²) in [5.41, 5.74) is 0.294. The molecule has 0 bridgehead atoms. The van der Waals surface area contributed by atoms with Gasteiger partial charge in [-0.2, -0.15) is 0 Å². The highest BCUT2D eigenvalue weighted by Gasteiger charge is 2.32. The van der Waals surface area contributed by atoms with Gasteiger partial charge in [-0.3, -0.25) is 4.79 Å². The van der Waals surface area contributed by atoms with Crippen LogP contribution in [0.5, 0.6) is 0 Å². The average molecular weight is 401 g/mol. The number of rotatable bonds is 3. The quantitative estimate of drug-likeness (QED) is 0.744. The summed E-state index contributed by atoms with van der Waals surface area (Å²) in [6.45, 7) is 6.90. The molecule has 0 saturated carbocycles. The predicted molar refractivity (Wildman–Crippen MR) is 103 cm³/mol. The van der Waals surface area contributed by atoms with Crippen molar-refractivity contribution >= 4 is 35.2 Å². The Bertz CT molecular complexity index is 673. The molecule has 5 nitrogen and oxygen atoms in total. The van der Waals surface area contributed by atoms with E-state index < -0.39 is 5.60 Å². The van der Waals surface area contributed by atoms with Gasteiger partial charge in [0.15, 0.2) is 0 Å². The molecule has 0 radical (unpaired) electrons. The maximum atomic E-state index is 12.8. The largest absolute Gasteiger partial charge is 0.444 e. The smallest absolute Gasteiger partial charge is 0.410 e. The second-order valence-corrected chi connectivity index (χ2v) is 8.54. The van der Waals surface area contributed by atoms with Crippen molar-refractivity contribution in [2.24, 2.45) is 5.92 Å². The summed E-state index contributed by atoms with van der Waals surface area (Å²) in [5, 5.41) is 1.10. The summed E-state index contributed by atoms with van der Waals surface area (Å²) in [7, 11) is 1.75. The molecule has 0 spiro atoms. The van der Waals surface area contributed by atoms with Crippen LogP contribution in [0.2, 0.25) is 10.0 Å². The Labute approximate surface area is 165 Å². The molecule has 0 unspecified atom stereocenters. The second kappa shape index (κ2) is 8.49. The Morgan fingerprint density at radius 1 is 1.31 bits per heavy atom. The van der Waals surface area contributed by atoms with E-state index in [1.54, 1.807) is 29.0 Å². The standard InChI is InChI=1S/C19H26Cl2N2O3/c1-19(2,3)26-18(25)23-9-5-6-14(12-23)17(24)22(4)11-13-7-8-15(20)10-16(13)21/h7-8,10,14H,5-6,9,11-12H2,1-4H3/t14-/m0/s1. The van der Waals surface area contributed by atoms with Crippen LogP contribution in [-0.4, -0.2) is 47.5 Å². The molecule has 7 heteroatoms. The van der Waals surface area contributed by atoms with E-state index >= 15 is 0 Å². The number of carbonyl (C=O) groups is 2. The van der Waals surface area contributed by atoms with E-state index in [0.717, 1.165) is 18.4 Å². The molecule has 0 N–H and O–H groups in total. The first-order chi connectivity index (χ1) is 12.1. The zero-order valence-electron chi connectivity index (χ0n) is 15.7. The predicted octanol–water partition coefficient (Wildman–Crippen LogP) is 4.60. The summed E-state index contributed by atoms with van der Waals surface area (Å²) < 4.78 is 5.42. The number of hydrogen-bond acceptors (Lipinski definition) is 3. The zero-order valence-corrected chi connectivity index (χ0v) is 17.2. The maximum absolute atomic E-state index is 12.8. The molecule has 1 aliphatic rings. The van der Waals surface area contributed by atoms with Gasteiger partial charge in [-0.1, -0.05) is 29.3 Å². The summed E-state index contributed by atoms with van der Waals surface area (Å²) >= 11 is 12.1. The van der Waals surface area contributed by atoms with Crippen LogP contribution in [-0.2, 0) is 16.1 Å². The molecule has 1 fully saturated rings. The minimum absolute atomic E-state index is 0.00396. The number of piperidine rings is 1. The number of likely N-dealkylation sites (tertiary alicyclic amines) is 1. The average Bonchev–Trinajstić information content (AvgIpc) is 2.55. The minimum atomic E-state index is -0.545. The van der Waals surface area contributed by atoms with Gasteiger partial charge in [-0.15, -0.1) is 0 Å². The van der Waals surface area contributed by atoms with Gasteiger partial charge in [0.1, 0.15) is 5.60 Å². The van der Waals surface area contributed by atoms with Gasteiger partial charge < -0.3 is 14.5 Å². The third-order valence-electron chi connectivity index (χ3n) is 4.22. The van der Waals surface area contributed by atoms with E-state index in [4.69, 9.17) is 27.9 Å². The van der Waals surface area contributed by atoms with E-state index in [2.05, 4.69) is 0 Å². The lowest BCUT2D eigenvalue weighted by Crippen LogP contribution is -2.47. The first kappa shape index (κ1) is 20.8. The van der Waals surface area contributed by atoms with Crippen LogP contribution in [0.25, 0.3) is 0 Å². The first-order valence-corrected chi connectivity index (χ1v) is 9.49. The van der Waals surface area contributed by atoms with Crippen molar-refractivity contribution in [1.82, 2.24) is 9.80 Å². The lowest BCUT2D eigenvalue weighted by atomic mass is 9.96. The Kier molecular flexibility index (Phi) is 6.80. The SMILES string of the molecule is CN(Cc1ccc(Cl)cc1Cl)C(=O)[C@H]1CCCN(C(=O)OC(C)(C)C)C1. The van der Waals surface area contributed by atoms with Gasteiger partial charge in [0, 0.05) is 36.7 Å². The monoisotopic (exact) mass is 400 g/mol. The Hall–Kier alpha value is -1.46. The van der Waals surface area contributed by atoms with Crippen LogP contribution in [0.3, 0.4) is 0 Å². The van der Waals surface area contributed by atoms with Crippen molar-refractivity contribution < 1.29 is 14.3 Å². The lowest BCUT2D eigenvalue weighted by molar-refractivity contribution is -0.136. The van der Waals surface area contributed by atoms with Gasteiger partial charge >= 0.3 is 6.09 Å². The Morgan fingerprint density at radius 3 is 2.62 bits per heavy atom. The van der Waals surface area contributed by atoms with Gasteiger partial charge in [0.25, 0.3) is 0 Å². The molecule has 0 aliphatic carbocycles. The lowest BCUT2D eigenvalue weighted by Gasteiger charge is -2.35. The van der Waals surface area contributed by atoms with Crippen molar-refractivity contribution in [3.8, 4) is 0 Å². The molecule has 1 atom stereocenters. The molecule has 1 saturated heterocycles. The number of hydrogen-bond donors (Lipinski definition) is 0. The van der Waals surface area contributed by atoms with Crippen molar-refractivity contribution in [2.45, 2.75) is 45.8 Å². The number of benzene rings is 1. The molecule has 1 aromatic carbocycles. The first-order valence-electron chi connectivity index (χ1n) is 8.73. The molecule has 2 amide bonds. The summed E-state index contributed by atoms with van der Waals surface area (Å²) in [6, 6.07) is 5.25. The van der Waals surface area contributed by atoms with Crippen LogP contribution in [0.15, 0.2) is 18.2 Å². The fourth-order valence-corrected chi connectivity index (χ4v) is 3.43. The normalized spacial score (nSPS) is 17.8. The third-order valence-corrected chi connectivity index (χ3v) is 4.81. The van der Waals surface area contributed by atoms with Gasteiger partial charge in [0.05, 0.1) is 5.92 Å². The van der Waals surface area contributed by atoms with Crippen molar-refractivity contribution in [2.75, 3.05) is 20.1 Å². The zero-order chi connectivity index (χ0) is 19.5. The van der Waals surface area contributed by atoms with Crippen molar-refractivity contribution in [1.29, 1.82) is 0 Å². The Balaban J connectivity index is 1.98. The van der Waals surface area contributed by atoms with Gasteiger partial charge in [-0.25, -0.2) is 4.79 Å². The van der Waals surface area contributed by atoms with Crippen LogP contribution < -0.4 is 0 Å². The van der Waals surface area contributed by atoms with Gasteiger partial charge in [-0.05, 0) is 51.3 Å². The van der Waals surface area contributed by atoms with Crippen LogP contribution in [0.1, 0.15) is 39.2 Å². The second-order valence-electron chi connectivity index (χ2n) is 7.70. The topological polar surface area (TPSA) is 49.9 Å². The molecule has 0 aromatic heterocycles. The van der Waals surface area contributed by atoms with Crippen LogP contribution in [0, 0.1) is 5.92 Å². The van der Waals surface area contributed by atoms with E-state index in [-0.39, 0.29) is 17.9 Å². The van der Waals surface area contributed by atoms with E-state index in [1.807, 2.05) is 26.8 Å². The molecule has 1 aromatic rings. The highest BCUT2D eigenvalue weighted by atomic mass is 35.5. The van der Waals surface area contributed by atoms with Crippen LogP contribution >= 0.6 is 23.2 Å². The van der Waals surface area contributed by atoms with Crippen molar-refractivity contribution in [3.63, 3.8) is 0 Å². The number of nitrogens with zero attached hydrogens (tertiary/aromatic N) is 2. The fraction of sp³-hybridized carbons (Fsp3) is 0.579. The number of halogens is 2. The maximum Gasteiger partial charge on any atom is 0.410 e. The van der Waals surface area contributed by atoms with Crippen molar-refractivity contribution in [3.05, 3.63) is 33.8 Å². The summed E-state index contributed by atoms with van der Waals surface area (Å²) in [4.78, 5) is 28.4. The molecule has 1 aliphatic heterocycles. The van der Waals surface area contributed by atoms with E-state index in [1.165, 1.54) is 0 Å². The number of ether oxygens (including phenoxy) is 1. The highest BCUT2D eigenvalue weighted by Crippen LogP contribution is 2.24.